The molecule has 114 valence electrons. The van der Waals surface area contributed by atoms with Gasteiger partial charge in [-0.1, -0.05) is 6.92 Å². The van der Waals surface area contributed by atoms with Crippen LogP contribution in [0.25, 0.3) is 0 Å². The van der Waals surface area contributed by atoms with Crippen molar-refractivity contribution in [2.75, 3.05) is 26.0 Å². The van der Waals surface area contributed by atoms with E-state index in [1.54, 1.807) is 0 Å². The number of aliphatic hydroxyl groups excluding tert-OH is 1. The van der Waals surface area contributed by atoms with Crippen LogP contribution < -0.4 is 5.32 Å². The lowest BCUT2D eigenvalue weighted by Crippen LogP contribution is -2.38. The number of thioether (sulfide) groups is 1. The highest BCUT2D eigenvalue weighted by Gasteiger charge is 2.20. The molecule has 1 aliphatic carbocycles. The molecule has 0 aromatic carbocycles. The summed E-state index contributed by atoms with van der Waals surface area (Å²) < 4.78 is 6.03. The Morgan fingerprint density at radius 1 is 1.32 bits per heavy atom. The fourth-order valence-corrected chi connectivity index (χ4v) is 2.56. The first-order valence-corrected chi connectivity index (χ1v) is 8.71. The minimum Gasteiger partial charge on any atom is -0.389 e. The van der Waals surface area contributed by atoms with Crippen molar-refractivity contribution in [3.05, 3.63) is 0 Å². The highest BCUT2D eigenvalue weighted by Crippen LogP contribution is 2.25. The van der Waals surface area contributed by atoms with Crippen molar-refractivity contribution >= 4 is 11.8 Å². The lowest BCUT2D eigenvalue weighted by molar-refractivity contribution is -0.0278. The van der Waals surface area contributed by atoms with Crippen LogP contribution in [0.2, 0.25) is 0 Å². The van der Waals surface area contributed by atoms with Crippen molar-refractivity contribution in [3.63, 3.8) is 0 Å². The molecule has 1 aliphatic rings. The average molecular weight is 289 g/mol. The summed E-state index contributed by atoms with van der Waals surface area (Å²) in [6, 6.07) is 0. The zero-order chi connectivity index (χ0) is 14.3. The van der Waals surface area contributed by atoms with E-state index in [4.69, 9.17) is 4.74 Å². The molecule has 4 heteroatoms. The number of hydrogen-bond acceptors (Lipinski definition) is 4. The van der Waals surface area contributed by atoms with Gasteiger partial charge in [0.05, 0.1) is 18.8 Å². The first-order chi connectivity index (χ1) is 8.93. The predicted octanol–water partition coefficient (Wildman–Crippen LogP) is 2.67. The number of rotatable bonds is 8. The van der Waals surface area contributed by atoms with Crippen LogP contribution in [0.3, 0.4) is 0 Å². The molecule has 1 rings (SSSR count). The Kier molecular flexibility index (Phi) is 7.73. The van der Waals surface area contributed by atoms with E-state index < -0.39 is 6.10 Å². The summed E-state index contributed by atoms with van der Waals surface area (Å²) in [5, 5.41) is 13.2. The molecular weight excluding hydrogens is 258 g/mol. The van der Waals surface area contributed by atoms with Crippen LogP contribution in [-0.2, 0) is 4.74 Å². The van der Waals surface area contributed by atoms with Crippen LogP contribution in [0, 0.1) is 5.92 Å². The van der Waals surface area contributed by atoms with Crippen molar-refractivity contribution in [2.45, 2.75) is 63.4 Å². The molecule has 0 saturated heterocycles. The van der Waals surface area contributed by atoms with E-state index in [0.29, 0.717) is 19.3 Å². The lowest BCUT2D eigenvalue weighted by atomic mass is 9.89. The monoisotopic (exact) mass is 289 g/mol. The SMILES string of the molecule is CSC(C)(C)CNCC(O)COC1CCC(C)CC1. The zero-order valence-corrected chi connectivity index (χ0v) is 13.8. The topological polar surface area (TPSA) is 41.5 Å². The summed E-state index contributed by atoms with van der Waals surface area (Å²) in [5.74, 6) is 0.847. The maximum absolute atomic E-state index is 9.91. The van der Waals surface area contributed by atoms with Crippen molar-refractivity contribution in [3.8, 4) is 0 Å². The predicted molar refractivity (Wildman–Crippen MR) is 83.8 cm³/mol. The van der Waals surface area contributed by atoms with Gasteiger partial charge in [-0.25, -0.2) is 0 Å². The zero-order valence-electron chi connectivity index (χ0n) is 12.9. The van der Waals surface area contributed by atoms with Crippen LogP contribution in [0.4, 0.5) is 0 Å². The maximum Gasteiger partial charge on any atom is 0.0897 e. The van der Waals surface area contributed by atoms with Crippen molar-refractivity contribution in [1.29, 1.82) is 0 Å². The Morgan fingerprint density at radius 2 is 1.95 bits per heavy atom. The molecule has 3 nitrogen and oxygen atoms in total. The summed E-state index contributed by atoms with van der Waals surface area (Å²) in [6.45, 7) is 8.71. The van der Waals surface area contributed by atoms with Gasteiger partial charge in [-0.2, -0.15) is 11.8 Å². The van der Waals surface area contributed by atoms with Gasteiger partial charge in [0.25, 0.3) is 0 Å². The number of ether oxygens (including phenoxy) is 1. The van der Waals surface area contributed by atoms with Gasteiger partial charge < -0.3 is 15.2 Å². The number of aliphatic hydroxyl groups is 1. The Bertz CT molecular complexity index is 240. The van der Waals surface area contributed by atoms with Gasteiger partial charge in [0, 0.05) is 17.8 Å². The molecule has 1 saturated carbocycles. The fourth-order valence-electron chi connectivity index (χ4n) is 2.31. The molecule has 0 aromatic heterocycles. The molecule has 1 fully saturated rings. The van der Waals surface area contributed by atoms with Crippen molar-refractivity contribution < 1.29 is 9.84 Å². The Hall–Kier alpha value is 0.230. The lowest BCUT2D eigenvalue weighted by Gasteiger charge is -2.27. The molecule has 0 spiro atoms. The third-order valence-electron chi connectivity index (χ3n) is 3.97. The minimum absolute atomic E-state index is 0.222. The van der Waals surface area contributed by atoms with E-state index in [1.165, 1.54) is 12.8 Å². The van der Waals surface area contributed by atoms with Crippen LogP contribution in [0.5, 0.6) is 0 Å². The summed E-state index contributed by atoms with van der Waals surface area (Å²) >= 11 is 1.84. The number of nitrogens with one attached hydrogen (secondary N) is 1. The molecular formula is C15H31NO2S. The molecule has 0 aromatic rings. The number of hydrogen-bond donors (Lipinski definition) is 2. The third kappa shape index (κ3) is 7.54. The smallest absolute Gasteiger partial charge is 0.0897 e. The molecule has 2 N–H and O–H groups in total. The molecule has 0 radical (unpaired) electrons. The summed E-state index contributed by atoms with van der Waals surface area (Å²) in [5.41, 5.74) is 0. The quantitative estimate of drug-likeness (QED) is 0.721. The first-order valence-electron chi connectivity index (χ1n) is 7.48. The largest absolute Gasteiger partial charge is 0.389 e. The van der Waals surface area contributed by atoms with Gasteiger partial charge in [-0.3, -0.25) is 0 Å². The highest BCUT2D eigenvalue weighted by atomic mass is 32.2. The summed E-state index contributed by atoms with van der Waals surface area (Å²) in [4.78, 5) is 0. The van der Waals surface area contributed by atoms with Crippen LogP contribution in [0.1, 0.15) is 46.5 Å². The van der Waals surface area contributed by atoms with E-state index in [1.807, 2.05) is 11.8 Å². The molecule has 0 amide bonds. The maximum atomic E-state index is 9.91. The van der Waals surface area contributed by atoms with Gasteiger partial charge in [0.15, 0.2) is 0 Å². The highest BCUT2D eigenvalue weighted by molar-refractivity contribution is 7.99. The first kappa shape index (κ1) is 17.3. The van der Waals surface area contributed by atoms with Gasteiger partial charge in [-0.05, 0) is 51.7 Å². The minimum atomic E-state index is -0.392. The van der Waals surface area contributed by atoms with E-state index in [0.717, 1.165) is 25.3 Å². The van der Waals surface area contributed by atoms with E-state index >= 15 is 0 Å². The van der Waals surface area contributed by atoms with Crippen molar-refractivity contribution in [2.24, 2.45) is 5.92 Å². The van der Waals surface area contributed by atoms with E-state index in [2.05, 4.69) is 32.3 Å². The molecule has 19 heavy (non-hydrogen) atoms. The molecule has 1 atom stereocenters. The van der Waals surface area contributed by atoms with Crippen LogP contribution in [-0.4, -0.2) is 48.0 Å². The Balaban J connectivity index is 2.06. The third-order valence-corrected chi connectivity index (χ3v) is 5.22. The Labute approximate surface area is 122 Å². The average Bonchev–Trinajstić information content (AvgIpc) is 2.38. The summed E-state index contributed by atoms with van der Waals surface area (Å²) in [7, 11) is 0. The molecule has 1 unspecified atom stereocenters. The van der Waals surface area contributed by atoms with Crippen LogP contribution >= 0.6 is 11.8 Å². The summed E-state index contributed by atoms with van der Waals surface area (Å²) in [6.07, 6.45) is 6.93. The molecule has 0 heterocycles. The normalized spacial score (nSPS) is 26.4. The van der Waals surface area contributed by atoms with Gasteiger partial charge >= 0.3 is 0 Å². The second kappa shape index (κ2) is 8.50. The second-order valence-electron chi connectivity index (χ2n) is 6.46. The van der Waals surface area contributed by atoms with E-state index in [-0.39, 0.29) is 4.75 Å². The second-order valence-corrected chi connectivity index (χ2v) is 7.98. The fraction of sp³-hybridized carbons (Fsp3) is 1.00. The van der Waals surface area contributed by atoms with E-state index in [9.17, 15) is 5.11 Å². The molecule has 0 aliphatic heterocycles. The molecule has 0 bridgehead atoms. The van der Waals surface area contributed by atoms with Crippen LogP contribution in [0.15, 0.2) is 0 Å². The van der Waals surface area contributed by atoms with Gasteiger partial charge in [-0.15, -0.1) is 0 Å². The van der Waals surface area contributed by atoms with Gasteiger partial charge in [0.1, 0.15) is 0 Å². The standard InChI is InChI=1S/C15H31NO2S/c1-12-5-7-14(8-6-12)18-10-13(17)9-16-11-15(2,3)19-4/h12-14,16-17H,5-11H2,1-4H3. The van der Waals surface area contributed by atoms with Gasteiger partial charge in [0.2, 0.25) is 0 Å². The Morgan fingerprint density at radius 3 is 2.53 bits per heavy atom. The van der Waals surface area contributed by atoms with Crippen molar-refractivity contribution in [1.82, 2.24) is 5.32 Å².